The van der Waals surface area contributed by atoms with Crippen molar-refractivity contribution in [1.82, 2.24) is 0 Å². The zero-order chi connectivity index (χ0) is 23.0. The van der Waals surface area contributed by atoms with Crippen LogP contribution in [0, 0.1) is 29.1 Å². The van der Waals surface area contributed by atoms with Crippen molar-refractivity contribution < 1.29 is 9.53 Å². The second-order valence-corrected chi connectivity index (χ2v) is 12.6. The topological polar surface area (TPSA) is 52.3 Å². The van der Waals surface area contributed by atoms with Crippen molar-refractivity contribution in [3.05, 3.63) is 0 Å². The van der Waals surface area contributed by atoms with Crippen LogP contribution in [0.15, 0.2) is 0 Å². The number of nitrogens with two attached hydrogens (primary N) is 1. The smallest absolute Gasteiger partial charge is 0.312 e. The Hall–Kier alpha value is -0.0900. The molecular weight excluding hydrogens is 474 g/mol. The summed E-state index contributed by atoms with van der Waals surface area (Å²) in [7, 11) is 0. The quantitative estimate of drug-likeness (QED) is 0.162. The van der Waals surface area contributed by atoms with Gasteiger partial charge in [0, 0.05) is 5.54 Å². The molecule has 4 aliphatic carbocycles. The van der Waals surface area contributed by atoms with Crippen LogP contribution in [0.3, 0.4) is 0 Å². The van der Waals surface area contributed by atoms with Crippen LogP contribution in [0.4, 0.5) is 0 Å². The van der Waals surface area contributed by atoms with Crippen molar-refractivity contribution >= 4 is 23.0 Å². The average molecular weight is 529 g/mol. The molecule has 4 bridgehead atoms. The minimum absolute atomic E-state index is 0. The number of esters is 1. The van der Waals surface area contributed by atoms with Gasteiger partial charge in [0.05, 0.1) is 12.0 Å². The summed E-state index contributed by atoms with van der Waals surface area (Å²) in [6, 6.07) is 0. The molecule has 0 saturated heterocycles. The van der Waals surface area contributed by atoms with Gasteiger partial charge in [-0.15, -0.1) is 17.0 Å². The van der Waals surface area contributed by atoms with Gasteiger partial charge in [-0.25, -0.2) is 0 Å². The predicted octanol–water partition coefficient (Wildman–Crippen LogP) is 8.38. The molecule has 1 atom stereocenters. The summed E-state index contributed by atoms with van der Waals surface area (Å²) < 4.78 is 5.96. The predicted molar refractivity (Wildman–Crippen MR) is 145 cm³/mol. The first-order valence-electron chi connectivity index (χ1n) is 14.3. The second kappa shape index (κ2) is 13.9. The highest BCUT2D eigenvalue weighted by atomic mass is 79.9. The van der Waals surface area contributed by atoms with Crippen molar-refractivity contribution in [3.8, 4) is 0 Å². The minimum atomic E-state index is -0.202. The molecule has 0 spiro atoms. The number of carbonyl (C=O) groups excluding carboxylic acids is 1. The molecule has 4 rings (SSSR count). The van der Waals surface area contributed by atoms with E-state index in [1.165, 1.54) is 83.5 Å². The van der Waals surface area contributed by atoms with Crippen LogP contribution < -0.4 is 5.73 Å². The number of rotatable bonds is 16. The molecule has 0 aromatic carbocycles. The van der Waals surface area contributed by atoms with Gasteiger partial charge in [-0.3, -0.25) is 4.79 Å². The maximum Gasteiger partial charge on any atom is 0.312 e. The average Bonchev–Trinajstić information content (AvgIpc) is 2.71. The number of ether oxygens (including phenoxy) is 1. The molecular formula is C29H54BrNO2. The van der Waals surface area contributed by atoms with Crippen molar-refractivity contribution in [3.63, 3.8) is 0 Å². The molecule has 4 fully saturated rings. The van der Waals surface area contributed by atoms with Crippen molar-refractivity contribution in [2.75, 3.05) is 6.61 Å². The Balaban J connectivity index is 0.00000385. The van der Waals surface area contributed by atoms with E-state index in [9.17, 15) is 4.79 Å². The molecule has 0 heterocycles. The lowest BCUT2D eigenvalue weighted by molar-refractivity contribution is -0.172. The van der Waals surface area contributed by atoms with Crippen LogP contribution in [0.5, 0.6) is 0 Å². The van der Waals surface area contributed by atoms with Gasteiger partial charge in [0.15, 0.2) is 0 Å². The second-order valence-electron chi connectivity index (χ2n) is 12.6. The van der Waals surface area contributed by atoms with E-state index in [0.717, 1.165) is 49.9 Å². The number of hydrogen-bond donors (Lipinski definition) is 1. The zero-order valence-corrected chi connectivity index (χ0v) is 23.8. The Morgan fingerprint density at radius 1 is 0.848 bits per heavy atom. The summed E-state index contributed by atoms with van der Waals surface area (Å²) in [5, 5.41) is 0. The fourth-order valence-electron chi connectivity index (χ4n) is 7.57. The van der Waals surface area contributed by atoms with Crippen LogP contribution >= 0.6 is 17.0 Å². The number of unbranched alkanes of at least 4 members (excludes halogenated alkanes) is 9. The van der Waals surface area contributed by atoms with E-state index in [2.05, 4.69) is 20.8 Å². The summed E-state index contributed by atoms with van der Waals surface area (Å²) in [5.74, 6) is 2.94. The van der Waals surface area contributed by atoms with Gasteiger partial charge < -0.3 is 10.5 Å². The largest absolute Gasteiger partial charge is 0.465 e. The molecule has 0 radical (unpaired) electrons. The molecule has 0 aromatic heterocycles. The number of carbonyl (C=O) groups is 1. The Morgan fingerprint density at radius 3 is 1.76 bits per heavy atom. The monoisotopic (exact) mass is 527 g/mol. The van der Waals surface area contributed by atoms with Crippen LogP contribution in [0.1, 0.15) is 136 Å². The first-order chi connectivity index (χ1) is 15.3. The molecule has 0 aliphatic heterocycles. The van der Waals surface area contributed by atoms with Gasteiger partial charge in [-0.1, -0.05) is 71.1 Å². The Bertz CT molecular complexity index is 535. The summed E-state index contributed by atoms with van der Waals surface area (Å²) >= 11 is 0. The fraction of sp³-hybridized carbons (Fsp3) is 0.966. The third kappa shape index (κ3) is 8.81. The maximum absolute atomic E-state index is 13.1. The fourth-order valence-corrected chi connectivity index (χ4v) is 7.57. The molecule has 33 heavy (non-hydrogen) atoms. The minimum Gasteiger partial charge on any atom is -0.465 e. The van der Waals surface area contributed by atoms with Crippen molar-refractivity contribution in [2.45, 2.75) is 142 Å². The van der Waals surface area contributed by atoms with Crippen LogP contribution in [-0.4, -0.2) is 18.1 Å². The first-order valence-corrected chi connectivity index (χ1v) is 14.3. The molecule has 0 aromatic rings. The molecule has 4 aliphatic rings. The summed E-state index contributed by atoms with van der Waals surface area (Å²) in [5.41, 5.74) is 6.19. The number of hydrogen-bond acceptors (Lipinski definition) is 3. The highest BCUT2D eigenvalue weighted by molar-refractivity contribution is 8.93. The van der Waals surface area contributed by atoms with E-state index in [0.29, 0.717) is 12.5 Å². The lowest BCUT2D eigenvalue weighted by Crippen LogP contribution is -2.50. The summed E-state index contributed by atoms with van der Waals surface area (Å²) in [6.07, 6.45) is 23.2. The maximum atomic E-state index is 13.1. The third-order valence-corrected chi connectivity index (χ3v) is 9.13. The van der Waals surface area contributed by atoms with E-state index < -0.39 is 0 Å². The van der Waals surface area contributed by atoms with E-state index in [1.807, 2.05) is 0 Å². The van der Waals surface area contributed by atoms with Gasteiger partial charge >= 0.3 is 5.97 Å². The Morgan fingerprint density at radius 2 is 1.30 bits per heavy atom. The standard InChI is InChI=1S/C29H53NO2.BrH/c1-4-5-6-7-8-9-10-11-12-13-14-26(28(2,3)30)15-16-32-27(31)29-20-23-17-24(21-29)19-25(18-23)22-29;/h23-26H,4-22,30H2,1-3H3;1H. The van der Waals surface area contributed by atoms with Crippen LogP contribution in [0.25, 0.3) is 0 Å². The molecule has 1 unspecified atom stereocenters. The zero-order valence-electron chi connectivity index (χ0n) is 22.0. The summed E-state index contributed by atoms with van der Waals surface area (Å²) in [4.78, 5) is 13.1. The Kier molecular flexibility index (Phi) is 12.2. The summed E-state index contributed by atoms with van der Waals surface area (Å²) in [6.45, 7) is 7.14. The molecule has 194 valence electrons. The highest BCUT2D eigenvalue weighted by Crippen LogP contribution is 2.60. The first kappa shape index (κ1) is 29.1. The SMILES string of the molecule is Br.CCCCCCCCCCCCC(CCOC(=O)C12CC3CC(CC(C3)C1)C2)C(C)(C)N. The van der Waals surface area contributed by atoms with E-state index in [-0.39, 0.29) is 33.9 Å². The molecule has 4 heteroatoms. The lowest BCUT2D eigenvalue weighted by atomic mass is 9.49. The van der Waals surface area contributed by atoms with Gasteiger partial charge in [0.1, 0.15) is 0 Å². The molecule has 3 nitrogen and oxygen atoms in total. The van der Waals surface area contributed by atoms with Crippen LogP contribution in [-0.2, 0) is 9.53 Å². The lowest BCUT2D eigenvalue weighted by Gasteiger charge is -2.55. The van der Waals surface area contributed by atoms with Gasteiger partial charge in [0.25, 0.3) is 0 Å². The molecule has 4 saturated carbocycles. The van der Waals surface area contributed by atoms with E-state index >= 15 is 0 Å². The van der Waals surface area contributed by atoms with Crippen molar-refractivity contribution in [1.29, 1.82) is 0 Å². The van der Waals surface area contributed by atoms with E-state index in [4.69, 9.17) is 10.5 Å². The van der Waals surface area contributed by atoms with Crippen molar-refractivity contribution in [2.24, 2.45) is 34.8 Å². The molecule has 0 amide bonds. The Labute approximate surface area is 215 Å². The third-order valence-electron chi connectivity index (χ3n) is 9.13. The van der Waals surface area contributed by atoms with Gasteiger partial charge in [-0.05, 0) is 88.9 Å². The number of halogens is 1. The highest BCUT2D eigenvalue weighted by Gasteiger charge is 2.55. The van der Waals surface area contributed by atoms with Gasteiger partial charge in [-0.2, -0.15) is 0 Å². The van der Waals surface area contributed by atoms with Gasteiger partial charge in [0.2, 0.25) is 0 Å². The normalized spacial score (nSPS) is 29.0. The molecule has 2 N–H and O–H groups in total. The van der Waals surface area contributed by atoms with E-state index in [1.54, 1.807) is 0 Å². The van der Waals surface area contributed by atoms with Crippen LogP contribution in [0.2, 0.25) is 0 Å².